The standard InChI is InChI=1S/C15H22O3/c1-4-5-6-7-12-8-10-15(2,14(12)17)11-9-13(16)18-3/h8-9,11H,4-7,10H2,1-3H3/b11-9+. The molecule has 3 heteroatoms. The summed E-state index contributed by atoms with van der Waals surface area (Å²) < 4.78 is 4.54. The summed E-state index contributed by atoms with van der Waals surface area (Å²) in [5.74, 6) is -0.262. The monoisotopic (exact) mass is 250 g/mol. The van der Waals surface area contributed by atoms with Gasteiger partial charge in [0.1, 0.15) is 0 Å². The fourth-order valence-electron chi connectivity index (χ4n) is 2.13. The molecular weight excluding hydrogens is 228 g/mol. The lowest BCUT2D eigenvalue weighted by molar-refractivity contribution is -0.134. The maximum atomic E-state index is 12.3. The first-order valence-electron chi connectivity index (χ1n) is 6.54. The summed E-state index contributed by atoms with van der Waals surface area (Å²) in [6, 6.07) is 0. The van der Waals surface area contributed by atoms with Crippen molar-refractivity contribution in [1.82, 2.24) is 0 Å². The van der Waals surface area contributed by atoms with E-state index < -0.39 is 11.4 Å². The van der Waals surface area contributed by atoms with Crippen LogP contribution in [0.1, 0.15) is 46.0 Å². The largest absolute Gasteiger partial charge is 0.466 e. The maximum Gasteiger partial charge on any atom is 0.330 e. The lowest BCUT2D eigenvalue weighted by Crippen LogP contribution is -2.22. The third-order valence-electron chi connectivity index (χ3n) is 3.42. The molecular formula is C15H22O3. The van der Waals surface area contributed by atoms with E-state index >= 15 is 0 Å². The van der Waals surface area contributed by atoms with Gasteiger partial charge in [-0.1, -0.05) is 31.9 Å². The van der Waals surface area contributed by atoms with E-state index in [2.05, 4.69) is 11.7 Å². The summed E-state index contributed by atoms with van der Waals surface area (Å²) in [6.45, 7) is 4.02. The molecule has 1 atom stereocenters. The summed E-state index contributed by atoms with van der Waals surface area (Å²) in [6.07, 6.45) is 9.94. The van der Waals surface area contributed by atoms with Crippen LogP contribution < -0.4 is 0 Å². The van der Waals surface area contributed by atoms with Gasteiger partial charge in [0.05, 0.1) is 12.5 Å². The highest BCUT2D eigenvalue weighted by Gasteiger charge is 2.36. The average Bonchev–Trinajstić information content (AvgIpc) is 2.65. The van der Waals surface area contributed by atoms with Crippen molar-refractivity contribution in [1.29, 1.82) is 0 Å². The summed E-state index contributed by atoms with van der Waals surface area (Å²) in [4.78, 5) is 23.3. The van der Waals surface area contributed by atoms with E-state index in [1.165, 1.54) is 13.2 Å². The zero-order valence-electron chi connectivity index (χ0n) is 11.5. The van der Waals surface area contributed by atoms with Gasteiger partial charge in [0.15, 0.2) is 5.78 Å². The first-order chi connectivity index (χ1) is 8.53. The molecule has 0 spiro atoms. The van der Waals surface area contributed by atoms with Gasteiger partial charge in [0.25, 0.3) is 0 Å². The fraction of sp³-hybridized carbons (Fsp3) is 0.600. The molecule has 0 saturated heterocycles. The molecule has 0 fully saturated rings. The Kier molecular flexibility index (Phi) is 5.32. The van der Waals surface area contributed by atoms with Crippen molar-refractivity contribution >= 4 is 11.8 Å². The molecule has 18 heavy (non-hydrogen) atoms. The minimum Gasteiger partial charge on any atom is -0.466 e. The molecule has 0 amide bonds. The van der Waals surface area contributed by atoms with Crippen LogP contribution in [0.3, 0.4) is 0 Å². The van der Waals surface area contributed by atoms with Gasteiger partial charge < -0.3 is 4.74 Å². The molecule has 0 N–H and O–H groups in total. The van der Waals surface area contributed by atoms with Gasteiger partial charge in [-0.25, -0.2) is 4.79 Å². The number of ketones is 1. The van der Waals surface area contributed by atoms with Crippen LogP contribution in [0.5, 0.6) is 0 Å². The molecule has 100 valence electrons. The quantitative estimate of drug-likeness (QED) is 0.413. The predicted molar refractivity (Wildman–Crippen MR) is 71.1 cm³/mol. The van der Waals surface area contributed by atoms with Crippen LogP contribution in [-0.4, -0.2) is 18.9 Å². The number of hydrogen-bond acceptors (Lipinski definition) is 3. The topological polar surface area (TPSA) is 43.4 Å². The fourth-order valence-corrected chi connectivity index (χ4v) is 2.13. The minimum atomic E-state index is -0.560. The van der Waals surface area contributed by atoms with E-state index in [-0.39, 0.29) is 5.78 Å². The normalized spacial score (nSPS) is 23.5. The highest BCUT2D eigenvalue weighted by Crippen LogP contribution is 2.36. The first-order valence-corrected chi connectivity index (χ1v) is 6.54. The maximum absolute atomic E-state index is 12.3. The zero-order valence-corrected chi connectivity index (χ0v) is 11.5. The van der Waals surface area contributed by atoms with Crippen LogP contribution in [0.25, 0.3) is 0 Å². The Morgan fingerprint density at radius 3 is 2.83 bits per heavy atom. The van der Waals surface area contributed by atoms with E-state index in [4.69, 9.17) is 0 Å². The average molecular weight is 250 g/mol. The second-order valence-electron chi connectivity index (χ2n) is 4.99. The van der Waals surface area contributed by atoms with Gasteiger partial charge in [-0.05, 0) is 31.8 Å². The van der Waals surface area contributed by atoms with E-state index in [1.807, 2.05) is 13.0 Å². The number of carbonyl (C=O) groups excluding carboxylic acids is 2. The Labute approximate surface area is 109 Å². The molecule has 3 nitrogen and oxygen atoms in total. The minimum absolute atomic E-state index is 0.152. The van der Waals surface area contributed by atoms with Crippen molar-refractivity contribution in [3.8, 4) is 0 Å². The number of allylic oxidation sites excluding steroid dienone is 3. The molecule has 1 aliphatic carbocycles. The summed E-state index contributed by atoms with van der Waals surface area (Å²) >= 11 is 0. The molecule has 0 heterocycles. The number of rotatable bonds is 6. The second kappa shape index (κ2) is 6.53. The molecule has 0 aromatic rings. The van der Waals surface area contributed by atoms with Crippen molar-refractivity contribution in [2.24, 2.45) is 5.41 Å². The highest BCUT2D eigenvalue weighted by atomic mass is 16.5. The number of esters is 1. The molecule has 0 aromatic heterocycles. The van der Waals surface area contributed by atoms with Crippen molar-refractivity contribution in [3.05, 3.63) is 23.8 Å². The van der Waals surface area contributed by atoms with E-state index in [0.717, 1.165) is 31.3 Å². The Bertz CT molecular complexity index is 379. The van der Waals surface area contributed by atoms with Crippen molar-refractivity contribution in [2.75, 3.05) is 7.11 Å². The number of hydrogen-bond donors (Lipinski definition) is 0. The molecule has 0 saturated carbocycles. The van der Waals surface area contributed by atoms with E-state index in [9.17, 15) is 9.59 Å². The van der Waals surface area contributed by atoms with Crippen molar-refractivity contribution in [2.45, 2.75) is 46.0 Å². The molecule has 0 aliphatic heterocycles. The summed E-state index contributed by atoms with van der Waals surface area (Å²) in [7, 11) is 1.33. The number of methoxy groups -OCH3 is 1. The Hall–Kier alpha value is -1.38. The second-order valence-corrected chi connectivity index (χ2v) is 4.99. The van der Waals surface area contributed by atoms with Gasteiger partial charge in [0, 0.05) is 6.08 Å². The van der Waals surface area contributed by atoms with Gasteiger partial charge in [-0.3, -0.25) is 4.79 Å². The summed E-state index contributed by atoms with van der Waals surface area (Å²) in [5.41, 5.74) is 0.357. The molecule has 0 radical (unpaired) electrons. The van der Waals surface area contributed by atoms with Crippen LogP contribution in [0.2, 0.25) is 0 Å². The van der Waals surface area contributed by atoms with Crippen molar-refractivity contribution in [3.63, 3.8) is 0 Å². The number of carbonyl (C=O) groups is 2. The van der Waals surface area contributed by atoms with Crippen LogP contribution in [0.15, 0.2) is 23.8 Å². The lowest BCUT2D eigenvalue weighted by Gasteiger charge is -2.17. The third-order valence-corrected chi connectivity index (χ3v) is 3.42. The smallest absolute Gasteiger partial charge is 0.330 e. The van der Waals surface area contributed by atoms with Crippen LogP contribution >= 0.6 is 0 Å². The Morgan fingerprint density at radius 1 is 1.50 bits per heavy atom. The predicted octanol–water partition coefficient (Wildman–Crippen LogP) is 3.20. The number of unbranched alkanes of at least 4 members (excludes halogenated alkanes) is 2. The van der Waals surface area contributed by atoms with Gasteiger partial charge in [-0.2, -0.15) is 0 Å². The molecule has 1 aliphatic rings. The van der Waals surface area contributed by atoms with E-state index in [0.29, 0.717) is 6.42 Å². The molecule has 0 aromatic carbocycles. The molecule has 1 unspecified atom stereocenters. The van der Waals surface area contributed by atoms with Crippen LogP contribution in [-0.2, 0) is 14.3 Å². The first kappa shape index (κ1) is 14.7. The number of Topliss-reactive ketones (excluding diaryl/α,β-unsaturated/α-hetero) is 1. The van der Waals surface area contributed by atoms with Crippen LogP contribution in [0.4, 0.5) is 0 Å². The van der Waals surface area contributed by atoms with Gasteiger partial charge in [-0.15, -0.1) is 0 Å². The third kappa shape index (κ3) is 3.56. The Balaban J connectivity index is 2.60. The number of ether oxygens (including phenoxy) is 1. The molecule has 0 bridgehead atoms. The summed E-state index contributed by atoms with van der Waals surface area (Å²) in [5, 5.41) is 0. The molecule has 1 rings (SSSR count). The van der Waals surface area contributed by atoms with Crippen LogP contribution in [0, 0.1) is 5.41 Å². The Morgan fingerprint density at radius 2 is 2.22 bits per heavy atom. The van der Waals surface area contributed by atoms with Crippen molar-refractivity contribution < 1.29 is 14.3 Å². The lowest BCUT2D eigenvalue weighted by atomic mass is 9.84. The van der Waals surface area contributed by atoms with E-state index in [1.54, 1.807) is 6.08 Å². The van der Waals surface area contributed by atoms with Gasteiger partial charge >= 0.3 is 5.97 Å². The highest BCUT2D eigenvalue weighted by molar-refractivity contribution is 6.03. The SMILES string of the molecule is CCCCCC1=CCC(C)(/C=C/C(=O)OC)C1=O. The zero-order chi connectivity index (χ0) is 13.6. The van der Waals surface area contributed by atoms with Gasteiger partial charge in [0.2, 0.25) is 0 Å².